The molecular weight excluding hydrogens is 265 g/mol. The van der Waals surface area contributed by atoms with E-state index >= 15 is 0 Å². The lowest BCUT2D eigenvalue weighted by Crippen LogP contribution is -2.17. The van der Waals surface area contributed by atoms with Crippen molar-refractivity contribution in [2.45, 2.75) is 38.8 Å². The van der Waals surface area contributed by atoms with Crippen LogP contribution in [0.5, 0.6) is 5.75 Å². The zero-order chi connectivity index (χ0) is 14.8. The molecule has 0 amide bonds. The van der Waals surface area contributed by atoms with Gasteiger partial charge in [0.25, 0.3) is 0 Å². The predicted molar refractivity (Wildman–Crippen MR) is 81.8 cm³/mol. The minimum Gasteiger partial charge on any atom is -0.489 e. The number of hydrogen-bond donors (Lipinski definition) is 1. The third-order valence-electron chi connectivity index (χ3n) is 4.18. The largest absolute Gasteiger partial charge is 0.489 e. The summed E-state index contributed by atoms with van der Waals surface area (Å²) < 4.78 is 19.1. The van der Waals surface area contributed by atoms with E-state index < -0.39 is 0 Å². The Labute approximate surface area is 124 Å². The minimum atomic E-state index is -0.230. The molecule has 2 aromatic rings. The van der Waals surface area contributed by atoms with Gasteiger partial charge in [-0.15, -0.1) is 0 Å². The molecule has 0 aliphatic heterocycles. The van der Waals surface area contributed by atoms with E-state index in [1.165, 1.54) is 23.3 Å². The van der Waals surface area contributed by atoms with E-state index in [-0.39, 0.29) is 11.9 Å². The summed E-state index contributed by atoms with van der Waals surface area (Å²) in [6, 6.07) is 11.0. The number of benzene rings is 2. The maximum atomic E-state index is 13.3. The fourth-order valence-electron chi connectivity index (χ4n) is 2.86. The minimum absolute atomic E-state index is 0.105. The number of rotatable bonds is 3. The highest BCUT2D eigenvalue weighted by Gasteiger charge is 2.17. The number of nitrogens with two attached hydrogens (primary N) is 1. The second-order valence-electron chi connectivity index (χ2n) is 5.72. The summed E-state index contributed by atoms with van der Waals surface area (Å²) in [5.41, 5.74) is 10.6. The lowest BCUT2D eigenvalue weighted by Gasteiger charge is -2.23. The Morgan fingerprint density at radius 3 is 2.95 bits per heavy atom. The second kappa shape index (κ2) is 5.86. The number of hydrogen-bond acceptors (Lipinski definition) is 2. The van der Waals surface area contributed by atoms with Crippen LogP contribution in [0.2, 0.25) is 0 Å². The highest BCUT2D eigenvalue weighted by atomic mass is 19.1. The van der Waals surface area contributed by atoms with Gasteiger partial charge in [0.05, 0.1) is 0 Å². The Hall–Kier alpha value is -1.87. The van der Waals surface area contributed by atoms with Crippen LogP contribution in [0.4, 0.5) is 4.39 Å². The molecule has 2 N–H and O–H groups in total. The van der Waals surface area contributed by atoms with Crippen LogP contribution in [0.25, 0.3) is 0 Å². The number of ether oxygens (including phenoxy) is 1. The van der Waals surface area contributed by atoms with E-state index in [1.54, 1.807) is 6.07 Å². The molecule has 2 nitrogen and oxygen atoms in total. The molecule has 0 heterocycles. The Bertz CT molecular complexity index is 654. The zero-order valence-electron chi connectivity index (χ0n) is 12.2. The first kappa shape index (κ1) is 14.1. The van der Waals surface area contributed by atoms with Crippen molar-refractivity contribution in [1.82, 2.24) is 0 Å². The van der Waals surface area contributed by atoms with Gasteiger partial charge in [0.15, 0.2) is 0 Å². The lowest BCUT2D eigenvalue weighted by atomic mass is 9.88. The Kier molecular flexibility index (Phi) is 3.93. The zero-order valence-corrected chi connectivity index (χ0v) is 12.2. The van der Waals surface area contributed by atoms with Gasteiger partial charge in [-0.2, -0.15) is 0 Å². The van der Waals surface area contributed by atoms with E-state index in [2.05, 4.69) is 6.07 Å². The van der Waals surface area contributed by atoms with Gasteiger partial charge < -0.3 is 10.5 Å². The average molecular weight is 285 g/mol. The first-order valence-corrected chi connectivity index (χ1v) is 7.40. The molecule has 1 aliphatic rings. The third kappa shape index (κ3) is 3.08. The van der Waals surface area contributed by atoms with Gasteiger partial charge in [-0.3, -0.25) is 0 Å². The van der Waals surface area contributed by atoms with Crippen molar-refractivity contribution in [3.05, 3.63) is 64.5 Å². The second-order valence-corrected chi connectivity index (χ2v) is 5.72. The van der Waals surface area contributed by atoms with Gasteiger partial charge in [0.1, 0.15) is 18.2 Å². The maximum absolute atomic E-state index is 13.3. The van der Waals surface area contributed by atoms with Gasteiger partial charge in [-0.25, -0.2) is 4.39 Å². The third-order valence-corrected chi connectivity index (χ3v) is 4.18. The highest BCUT2D eigenvalue weighted by Crippen LogP contribution is 2.31. The van der Waals surface area contributed by atoms with Crippen molar-refractivity contribution in [3.63, 3.8) is 0 Å². The van der Waals surface area contributed by atoms with Gasteiger partial charge in [0, 0.05) is 6.04 Å². The molecule has 0 fully saturated rings. The summed E-state index contributed by atoms with van der Waals surface area (Å²) in [7, 11) is 0. The summed E-state index contributed by atoms with van der Waals surface area (Å²) in [6.07, 6.45) is 3.27. The van der Waals surface area contributed by atoms with Gasteiger partial charge in [-0.1, -0.05) is 12.1 Å². The molecular formula is C18H20FNO. The van der Waals surface area contributed by atoms with Crippen LogP contribution in [0.3, 0.4) is 0 Å². The number of fused-ring (bicyclic) bond motifs is 1. The molecule has 0 saturated heterocycles. The van der Waals surface area contributed by atoms with Crippen molar-refractivity contribution in [2.75, 3.05) is 0 Å². The molecule has 0 unspecified atom stereocenters. The number of halogens is 1. The SMILES string of the molecule is Cc1ccc(F)cc1COc1ccc2c(c1)[C@H](N)CCC2. The smallest absolute Gasteiger partial charge is 0.123 e. The van der Waals surface area contributed by atoms with Crippen LogP contribution in [0.1, 0.15) is 41.1 Å². The molecule has 0 saturated carbocycles. The summed E-state index contributed by atoms with van der Waals surface area (Å²) >= 11 is 0. The van der Waals surface area contributed by atoms with Crippen molar-refractivity contribution < 1.29 is 9.13 Å². The van der Waals surface area contributed by atoms with Gasteiger partial charge in [-0.05, 0) is 72.7 Å². The molecule has 0 radical (unpaired) electrons. The fourth-order valence-corrected chi connectivity index (χ4v) is 2.86. The van der Waals surface area contributed by atoms with Crippen LogP contribution >= 0.6 is 0 Å². The molecule has 1 atom stereocenters. The highest BCUT2D eigenvalue weighted by molar-refractivity contribution is 5.39. The standard InChI is InChI=1S/C18H20FNO/c1-12-5-7-15(19)9-14(12)11-21-16-8-6-13-3-2-4-18(20)17(13)10-16/h5-10,18H,2-4,11,20H2,1H3/t18-/m1/s1. The molecule has 3 heteroatoms. The molecule has 2 aromatic carbocycles. The molecule has 1 aliphatic carbocycles. The summed E-state index contributed by atoms with van der Waals surface area (Å²) in [5, 5.41) is 0. The van der Waals surface area contributed by atoms with Crippen LogP contribution in [0.15, 0.2) is 36.4 Å². The Morgan fingerprint density at radius 1 is 1.24 bits per heavy atom. The van der Waals surface area contributed by atoms with Crippen LogP contribution < -0.4 is 10.5 Å². The number of aryl methyl sites for hydroxylation is 2. The van der Waals surface area contributed by atoms with Crippen LogP contribution in [0, 0.1) is 12.7 Å². The van der Waals surface area contributed by atoms with Crippen molar-refractivity contribution in [1.29, 1.82) is 0 Å². The lowest BCUT2D eigenvalue weighted by molar-refractivity contribution is 0.304. The summed E-state index contributed by atoms with van der Waals surface area (Å²) in [6.45, 7) is 2.33. The van der Waals surface area contributed by atoms with Crippen LogP contribution in [-0.4, -0.2) is 0 Å². The van der Waals surface area contributed by atoms with E-state index in [0.717, 1.165) is 36.1 Å². The topological polar surface area (TPSA) is 35.2 Å². The summed E-state index contributed by atoms with van der Waals surface area (Å²) in [5.74, 6) is 0.571. The predicted octanol–water partition coefficient (Wildman–Crippen LogP) is 4.05. The molecule has 110 valence electrons. The van der Waals surface area contributed by atoms with Crippen molar-refractivity contribution in [2.24, 2.45) is 5.73 Å². The fraction of sp³-hybridized carbons (Fsp3) is 0.333. The first-order chi connectivity index (χ1) is 10.1. The monoisotopic (exact) mass is 285 g/mol. The van der Waals surface area contributed by atoms with Gasteiger partial charge >= 0.3 is 0 Å². The maximum Gasteiger partial charge on any atom is 0.123 e. The van der Waals surface area contributed by atoms with Crippen molar-refractivity contribution in [3.8, 4) is 5.75 Å². The Morgan fingerprint density at radius 2 is 2.10 bits per heavy atom. The van der Waals surface area contributed by atoms with E-state index in [1.807, 2.05) is 19.1 Å². The van der Waals surface area contributed by atoms with E-state index in [4.69, 9.17) is 10.5 Å². The van der Waals surface area contributed by atoms with E-state index in [0.29, 0.717) is 6.61 Å². The van der Waals surface area contributed by atoms with E-state index in [9.17, 15) is 4.39 Å². The quantitative estimate of drug-likeness (QED) is 0.923. The Balaban J connectivity index is 1.76. The average Bonchev–Trinajstić information content (AvgIpc) is 2.49. The molecule has 21 heavy (non-hydrogen) atoms. The molecule has 0 bridgehead atoms. The normalized spacial score (nSPS) is 17.4. The van der Waals surface area contributed by atoms with Crippen molar-refractivity contribution >= 4 is 0 Å². The molecule has 0 aromatic heterocycles. The molecule has 0 spiro atoms. The van der Waals surface area contributed by atoms with Gasteiger partial charge in [0.2, 0.25) is 0 Å². The summed E-state index contributed by atoms with van der Waals surface area (Å²) in [4.78, 5) is 0. The first-order valence-electron chi connectivity index (χ1n) is 7.40. The van der Waals surface area contributed by atoms with Crippen LogP contribution in [-0.2, 0) is 13.0 Å². The molecule has 3 rings (SSSR count).